The molecule has 0 fully saturated rings. The van der Waals surface area contributed by atoms with Gasteiger partial charge in [-0.25, -0.2) is 4.39 Å². The monoisotopic (exact) mass is 308 g/mol. The van der Waals surface area contributed by atoms with Gasteiger partial charge in [-0.1, -0.05) is 18.3 Å². The summed E-state index contributed by atoms with van der Waals surface area (Å²) in [6.07, 6.45) is -4.64. The van der Waals surface area contributed by atoms with Crippen LogP contribution in [0.5, 0.6) is 0 Å². The molecule has 0 heterocycles. The van der Waals surface area contributed by atoms with Gasteiger partial charge in [0.25, 0.3) is 5.91 Å². The Morgan fingerprint density at radius 2 is 2.00 bits per heavy atom. The highest BCUT2D eigenvalue weighted by Gasteiger charge is 2.36. The zero-order valence-electron chi connectivity index (χ0n) is 10.5. The summed E-state index contributed by atoms with van der Waals surface area (Å²) >= 11 is 4.63. The fourth-order valence-electron chi connectivity index (χ4n) is 1.50. The van der Waals surface area contributed by atoms with Gasteiger partial charge in [-0.3, -0.25) is 4.79 Å². The number of rotatable bonds is 4. The first kappa shape index (κ1) is 16.4. The van der Waals surface area contributed by atoms with E-state index in [9.17, 15) is 22.4 Å². The molecule has 1 amide bonds. The van der Waals surface area contributed by atoms with Crippen molar-refractivity contribution >= 4 is 23.1 Å². The number of hydrogen-bond donors (Lipinski definition) is 1. The Morgan fingerprint density at radius 3 is 2.50 bits per heavy atom. The summed E-state index contributed by atoms with van der Waals surface area (Å²) < 4.78 is 51.4. The van der Waals surface area contributed by atoms with E-state index in [-0.39, 0.29) is 18.0 Å². The molecule has 20 heavy (non-hydrogen) atoms. The summed E-state index contributed by atoms with van der Waals surface area (Å²) in [6, 6.07) is 2.58. The van der Waals surface area contributed by atoms with Crippen LogP contribution >= 0.6 is 12.2 Å². The molecule has 0 saturated carbocycles. The minimum absolute atomic E-state index is 0.101. The number of alkyl halides is 3. The molecular formula is C12H12F4N2OS. The predicted molar refractivity (Wildman–Crippen MR) is 69.8 cm³/mol. The van der Waals surface area contributed by atoms with Gasteiger partial charge in [-0.05, 0) is 12.1 Å². The fraction of sp³-hybridized carbons (Fsp3) is 0.333. The van der Waals surface area contributed by atoms with Gasteiger partial charge in [-0.15, -0.1) is 0 Å². The second-order valence-corrected chi connectivity index (χ2v) is 4.63. The topological polar surface area (TPSA) is 46.3 Å². The van der Waals surface area contributed by atoms with E-state index in [1.54, 1.807) is 0 Å². The van der Waals surface area contributed by atoms with Crippen LogP contribution in [0.3, 0.4) is 0 Å². The summed E-state index contributed by atoms with van der Waals surface area (Å²) in [4.78, 5) is 13.1. The van der Waals surface area contributed by atoms with Crippen molar-refractivity contribution in [3.05, 3.63) is 35.1 Å². The third-order valence-electron chi connectivity index (χ3n) is 2.57. The lowest BCUT2D eigenvalue weighted by molar-refractivity contribution is -0.140. The molecule has 0 aliphatic rings. The first-order chi connectivity index (χ1) is 9.14. The Labute approximate surface area is 118 Å². The fourth-order valence-corrected chi connectivity index (χ4v) is 1.59. The zero-order chi connectivity index (χ0) is 15.5. The summed E-state index contributed by atoms with van der Waals surface area (Å²) in [5.74, 6) is -2.43. The SMILES string of the molecule is CN(CCC(N)=S)C(=O)c1cccc(C(F)(F)F)c1F. The number of halogens is 4. The van der Waals surface area contributed by atoms with E-state index in [4.69, 9.17) is 5.73 Å². The smallest absolute Gasteiger partial charge is 0.393 e. The first-order valence-electron chi connectivity index (χ1n) is 5.54. The average Bonchev–Trinajstić information content (AvgIpc) is 2.33. The summed E-state index contributed by atoms with van der Waals surface area (Å²) in [5, 5.41) is 0. The van der Waals surface area contributed by atoms with Crippen molar-refractivity contribution in [2.24, 2.45) is 5.73 Å². The van der Waals surface area contributed by atoms with Crippen molar-refractivity contribution in [1.29, 1.82) is 0 Å². The molecule has 0 radical (unpaired) electrons. The highest BCUT2D eigenvalue weighted by atomic mass is 32.1. The number of amides is 1. The third-order valence-corrected chi connectivity index (χ3v) is 2.78. The second kappa shape index (κ2) is 6.17. The lowest BCUT2D eigenvalue weighted by Gasteiger charge is -2.18. The maximum Gasteiger partial charge on any atom is 0.419 e. The van der Waals surface area contributed by atoms with E-state index in [1.807, 2.05) is 0 Å². The maximum atomic E-state index is 13.8. The van der Waals surface area contributed by atoms with Gasteiger partial charge in [0.2, 0.25) is 0 Å². The number of nitrogens with zero attached hydrogens (tertiary/aromatic N) is 1. The van der Waals surface area contributed by atoms with Crippen LogP contribution in [0.4, 0.5) is 17.6 Å². The van der Waals surface area contributed by atoms with E-state index < -0.39 is 29.0 Å². The standard InChI is InChI=1S/C12H12F4N2OS/c1-18(6-5-9(17)20)11(19)7-3-2-4-8(10(7)13)12(14,15)16/h2-4H,5-6H2,1H3,(H2,17,20). The number of hydrogen-bond acceptors (Lipinski definition) is 2. The summed E-state index contributed by atoms with van der Waals surface area (Å²) in [7, 11) is 1.33. The van der Waals surface area contributed by atoms with Crippen molar-refractivity contribution in [1.82, 2.24) is 4.90 Å². The van der Waals surface area contributed by atoms with Gasteiger partial charge in [0, 0.05) is 20.0 Å². The molecule has 2 N–H and O–H groups in total. The maximum absolute atomic E-state index is 13.8. The number of nitrogens with two attached hydrogens (primary N) is 1. The van der Waals surface area contributed by atoms with Gasteiger partial charge in [0.1, 0.15) is 5.82 Å². The van der Waals surface area contributed by atoms with Gasteiger partial charge in [0.05, 0.1) is 16.1 Å². The number of carbonyl (C=O) groups excluding carboxylic acids is 1. The van der Waals surface area contributed by atoms with Crippen molar-refractivity contribution in [3.8, 4) is 0 Å². The lowest BCUT2D eigenvalue weighted by atomic mass is 10.1. The van der Waals surface area contributed by atoms with Crippen LogP contribution in [0, 0.1) is 5.82 Å². The Morgan fingerprint density at radius 1 is 1.40 bits per heavy atom. The molecule has 1 aromatic carbocycles. The Balaban J connectivity index is 3.02. The highest BCUT2D eigenvalue weighted by molar-refractivity contribution is 7.80. The molecule has 8 heteroatoms. The Kier molecular flexibility index (Phi) is 5.04. The number of thiocarbonyl (C=S) groups is 1. The molecule has 0 atom stereocenters. The quantitative estimate of drug-likeness (QED) is 0.687. The van der Waals surface area contributed by atoms with E-state index in [0.717, 1.165) is 17.0 Å². The molecule has 0 aromatic heterocycles. The van der Waals surface area contributed by atoms with Crippen LogP contribution in [-0.4, -0.2) is 29.4 Å². The average molecular weight is 308 g/mol. The van der Waals surface area contributed by atoms with E-state index in [1.165, 1.54) is 7.05 Å². The van der Waals surface area contributed by atoms with Crippen molar-refractivity contribution in [2.75, 3.05) is 13.6 Å². The van der Waals surface area contributed by atoms with Crippen LogP contribution in [0.2, 0.25) is 0 Å². The largest absolute Gasteiger partial charge is 0.419 e. The first-order valence-corrected chi connectivity index (χ1v) is 5.95. The molecule has 0 spiro atoms. The molecule has 0 saturated heterocycles. The second-order valence-electron chi connectivity index (χ2n) is 4.11. The van der Waals surface area contributed by atoms with Crippen LogP contribution in [-0.2, 0) is 6.18 Å². The minimum atomic E-state index is -4.85. The van der Waals surface area contributed by atoms with Crippen molar-refractivity contribution < 1.29 is 22.4 Å². The van der Waals surface area contributed by atoms with Crippen LogP contribution < -0.4 is 5.73 Å². The Bertz CT molecular complexity index is 531. The van der Waals surface area contributed by atoms with Gasteiger partial charge in [0.15, 0.2) is 0 Å². The molecule has 0 aliphatic carbocycles. The third kappa shape index (κ3) is 3.89. The summed E-state index contributed by atoms with van der Waals surface area (Å²) in [5.41, 5.74) is 3.16. The van der Waals surface area contributed by atoms with E-state index in [2.05, 4.69) is 12.2 Å². The van der Waals surface area contributed by atoms with Gasteiger partial charge < -0.3 is 10.6 Å². The van der Waals surface area contributed by atoms with Crippen LogP contribution in [0.1, 0.15) is 22.3 Å². The highest BCUT2D eigenvalue weighted by Crippen LogP contribution is 2.32. The molecule has 1 aromatic rings. The van der Waals surface area contributed by atoms with E-state index in [0.29, 0.717) is 6.07 Å². The van der Waals surface area contributed by atoms with Crippen molar-refractivity contribution in [2.45, 2.75) is 12.6 Å². The molecule has 0 aliphatic heterocycles. The molecular weight excluding hydrogens is 296 g/mol. The zero-order valence-corrected chi connectivity index (χ0v) is 11.3. The van der Waals surface area contributed by atoms with Crippen LogP contribution in [0.15, 0.2) is 18.2 Å². The molecule has 1 rings (SSSR count). The lowest BCUT2D eigenvalue weighted by Crippen LogP contribution is -2.31. The molecule has 3 nitrogen and oxygen atoms in total. The molecule has 110 valence electrons. The molecule has 0 bridgehead atoms. The number of carbonyl (C=O) groups is 1. The predicted octanol–water partition coefficient (Wildman–Crippen LogP) is 2.59. The van der Waals surface area contributed by atoms with Crippen LogP contribution in [0.25, 0.3) is 0 Å². The Hall–Kier alpha value is -1.70. The number of benzene rings is 1. The van der Waals surface area contributed by atoms with Crippen molar-refractivity contribution in [3.63, 3.8) is 0 Å². The van der Waals surface area contributed by atoms with Gasteiger partial charge >= 0.3 is 6.18 Å². The van der Waals surface area contributed by atoms with E-state index >= 15 is 0 Å². The minimum Gasteiger partial charge on any atom is -0.393 e. The normalized spacial score (nSPS) is 11.2. The van der Waals surface area contributed by atoms with Gasteiger partial charge in [-0.2, -0.15) is 13.2 Å². The summed E-state index contributed by atoms with van der Waals surface area (Å²) in [6.45, 7) is 0.101. The molecule has 0 unspecified atom stereocenters.